The Balaban J connectivity index is 1.71. The summed E-state index contributed by atoms with van der Waals surface area (Å²) in [6, 6.07) is 11.6. The molecule has 0 unspecified atom stereocenters. The minimum Gasteiger partial charge on any atom is -0.301 e. The minimum absolute atomic E-state index is 0.263. The van der Waals surface area contributed by atoms with Crippen LogP contribution < -0.4 is 4.90 Å². The molecule has 0 radical (unpaired) electrons. The number of carbonyl (C=O) groups excluding carboxylic acids is 4. The second-order valence-electron chi connectivity index (χ2n) is 6.09. The molecule has 6 nitrogen and oxygen atoms in total. The summed E-state index contributed by atoms with van der Waals surface area (Å²) in [5, 5.41) is 0. The number of β-lactam (4-membered cyclic amide) rings is 1. The van der Waals surface area contributed by atoms with Crippen molar-refractivity contribution >= 4 is 29.7 Å². The van der Waals surface area contributed by atoms with Crippen LogP contribution in [0.3, 0.4) is 0 Å². The number of nitrogens with zero attached hydrogens (tertiary/aromatic N) is 2. The summed E-state index contributed by atoms with van der Waals surface area (Å²) < 4.78 is 0. The molecule has 2 aromatic rings. The van der Waals surface area contributed by atoms with Crippen LogP contribution in [0.1, 0.15) is 26.3 Å². The number of aldehydes is 1. The summed E-state index contributed by atoms with van der Waals surface area (Å²) in [5.74, 6) is -1.49. The van der Waals surface area contributed by atoms with E-state index >= 15 is 0 Å². The Morgan fingerprint density at radius 3 is 1.96 bits per heavy atom. The number of imide groups is 1. The van der Waals surface area contributed by atoms with Gasteiger partial charge in [0.15, 0.2) is 0 Å². The third-order valence-electron chi connectivity index (χ3n) is 4.73. The number of hydrogen-bond donors (Lipinski definition) is 0. The molecule has 1 saturated heterocycles. The summed E-state index contributed by atoms with van der Waals surface area (Å²) >= 11 is 0. The van der Waals surface area contributed by atoms with Crippen LogP contribution >= 0.6 is 0 Å². The molecular formula is C19H14N2O4. The zero-order valence-electron chi connectivity index (χ0n) is 13.4. The summed E-state index contributed by atoms with van der Waals surface area (Å²) in [6.07, 6.45) is 0.613. The Kier molecular flexibility index (Phi) is 3.28. The first-order valence-corrected chi connectivity index (χ1v) is 7.87. The van der Waals surface area contributed by atoms with Crippen LogP contribution in [0.4, 0.5) is 5.69 Å². The molecule has 1 fully saturated rings. The van der Waals surface area contributed by atoms with Crippen LogP contribution in [0.2, 0.25) is 0 Å². The molecule has 0 N–H and O–H groups in total. The Labute approximate surface area is 143 Å². The Morgan fingerprint density at radius 2 is 1.40 bits per heavy atom. The van der Waals surface area contributed by atoms with Crippen molar-refractivity contribution in [2.75, 3.05) is 4.90 Å². The Morgan fingerprint density at radius 1 is 0.840 bits per heavy atom. The lowest BCUT2D eigenvalue weighted by Gasteiger charge is -2.47. The smallest absolute Gasteiger partial charge is 0.262 e. The number of rotatable bonds is 3. The molecule has 124 valence electrons. The average molecular weight is 334 g/mol. The van der Waals surface area contributed by atoms with Gasteiger partial charge in [-0.3, -0.25) is 24.2 Å². The van der Waals surface area contributed by atoms with Crippen molar-refractivity contribution in [1.29, 1.82) is 0 Å². The minimum atomic E-state index is -1.09. The van der Waals surface area contributed by atoms with Crippen molar-refractivity contribution in [3.63, 3.8) is 0 Å². The lowest BCUT2D eigenvalue weighted by molar-refractivity contribution is -0.133. The molecule has 2 aliphatic rings. The van der Waals surface area contributed by atoms with E-state index in [1.165, 1.54) is 4.90 Å². The number of benzene rings is 2. The SMILES string of the molecule is Cc1ccccc1N1C(=O)[C@@H](N2C(=O)c3ccccc3C2=O)[C@H]1C=O. The first-order valence-electron chi connectivity index (χ1n) is 7.87. The fraction of sp³-hybridized carbons (Fsp3) is 0.158. The predicted octanol–water partition coefficient (Wildman–Crippen LogP) is 1.57. The van der Waals surface area contributed by atoms with Crippen LogP contribution in [-0.2, 0) is 9.59 Å². The number of fused-ring (bicyclic) bond motifs is 1. The molecule has 2 atom stereocenters. The molecule has 0 saturated carbocycles. The van der Waals surface area contributed by atoms with Gasteiger partial charge in [-0.15, -0.1) is 0 Å². The molecule has 4 rings (SSSR count). The summed E-state index contributed by atoms with van der Waals surface area (Å²) in [7, 11) is 0. The van der Waals surface area contributed by atoms with Gasteiger partial charge in [-0.25, -0.2) is 0 Å². The zero-order valence-corrected chi connectivity index (χ0v) is 13.4. The lowest BCUT2D eigenvalue weighted by Crippen LogP contribution is -2.72. The highest BCUT2D eigenvalue weighted by molar-refractivity contribution is 6.25. The normalized spacial score (nSPS) is 22.0. The lowest BCUT2D eigenvalue weighted by atomic mass is 9.92. The highest BCUT2D eigenvalue weighted by Gasteiger charge is 2.57. The molecule has 0 aromatic heterocycles. The van der Waals surface area contributed by atoms with Gasteiger partial charge in [0.25, 0.3) is 17.7 Å². The fourth-order valence-corrected chi connectivity index (χ4v) is 3.47. The van der Waals surface area contributed by atoms with E-state index in [-0.39, 0.29) is 11.1 Å². The number of para-hydroxylation sites is 1. The van der Waals surface area contributed by atoms with E-state index in [4.69, 9.17) is 0 Å². The van der Waals surface area contributed by atoms with Crippen LogP contribution in [0.25, 0.3) is 0 Å². The molecule has 2 aromatic carbocycles. The molecule has 3 amide bonds. The molecule has 0 aliphatic carbocycles. The van der Waals surface area contributed by atoms with Crippen molar-refractivity contribution < 1.29 is 19.2 Å². The number of carbonyl (C=O) groups is 4. The predicted molar refractivity (Wildman–Crippen MR) is 89.2 cm³/mol. The first kappa shape index (κ1) is 15.3. The third-order valence-corrected chi connectivity index (χ3v) is 4.73. The molecule has 0 bridgehead atoms. The van der Waals surface area contributed by atoms with Crippen molar-refractivity contribution in [1.82, 2.24) is 4.90 Å². The summed E-state index contributed by atoms with van der Waals surface area (Å²) in [5.41, 5.74) is 1.97. The third kappa shape index (κ3) is 1.97. The standard InChI is InChI=1S/C19H14N2O4/c1-11-6-2-5-9-14(11)20-15(10-22)16(19(20)25)21-17(23)12-7-3-4-8-13(12)18(21)24/h2-10,15-16H,1H3/t15-,16+/m1/s1. The highest BCUT2D eigenvalue weighted by Crippen LogP contribution is 2.36. The largest absolute Gasteiger partial charge is 0.301 e. The average Bonchev–Trinajstić information content (AvgIpc) is 2.87. The van der Waals surface area contributed by atoms with Gasteiger partial charge in [0.05, 0.1) is 11.1 Å². The van der Waals surface area contributed by atoms with E-state index in [0.717, 1.165) is 10.5 Å². The zero-order chi connectivity index (χ0) is 17.7. The highest BCUT2D eigenvalue weighted by atomic mass is 16.2. The van der Waals surface area contributed by atoms with E-state index < -0.39 is 29.8 Å². The van der Waals surface area contributed by atoms with Crippen molar-refractivity contribution in [3.05, 3.63) is 65.2 Å². The number of hydrogen-bond acceptors (Lipinski definition) is 4. The van der Waals surface area contributed by atoms with Gasteiger partial charge in [-0.2, -0.15) is 0 Å². The molecule has 2 aliphatic heterocycles. The second-order valence-corrected chi connectivity index (χ2v) is 6.09. The van der Waals surface area contributed by atoms with Gasteiger partial charge in [-0.1, -0.05) is 30.3 Å². The van der Waals surface area contributed by atoms with Gasteiger partial charge in [0.1, 0.15) is 18.4 Å². The monoisotopic (exact) mass is 334 g/mol. The van der Waals surface area contributed by atoms with Gasteiger partial charge >= 0.3 is 0 Å². The van der Waals surface area contributed by atoms with E-state index in [2.05, 4.69) is 0 Å². The molecule has 0 spiro atoms. The van der Waals surface area contributed by atoms with Crippen molar-refractivity contribution in [3.8, 4) is 0 Å². The maximum atomic E-state index is 12.7. The Hall–Kier alpha value is -3.28. The molecule has 6 heteroatoms. The summed E-state index contributed by atoms with van der Waals surface area (Å²) in [4.78, 5) is 51.8. The number of aryl methyl sites for hydroxylation is 1. The van der Waals surface area contributed by atoms with Gasteiger partial charge in [0.2, 0.25) is 0 Å². The Bertz CT molecular complexity index is 902. The molecular weight excluding hydrogens is 320 g/mol. The van der Waals surface area contributed by atoms with Crippen LogP contribution in [-0.4, -0.2) is 41.0 Å². The second kappa shape index (κ2) is 5.37. The molecule has 2 heterocycles. The van der Waals surface area contributed by atoms with Crippen molar-refractivity contribution in [2.24, 2.45) is 0 Å². The van der Waals surface area contributed by atoms with E-state index in [1.54, 1.807) is 36.4 Å². The number of anilines is 1. The quantitative estimate of drug-likeness (QED) is 0.485. The van der Waals surface area contributed by atoms with Crippen LogP contribution in [0, 0.1) is 6.92 Å². The van der Waals surface area contributed by atoms with Crippen LogP contribution in [0.5, 0.6) is 0 Å². The number of amides is 3. The maximum absolute atomic E-state index is 12.7. The van der Waals surface area contributed by atoms with Gasteiger partial charge < -0.3 is 4.79 Å². The van der Waals surface area contributed by atoms with E-state index in [9.17, 15) is 19.2 Å². The van der Waals surface area contributed by atoms with Crippen LogP contribution in [0.15, 0.2) is 48.5 Å². The topological polar surface area (TPSA) is 74.8 Å². The van der Waals surface area contributed by atoms with Crippen molar-refractivity contribution in [2.45, 2.75) is 19.0 Å². The maximum Gasteiger partial charge on any atom is 0.262 e. The van der Waals surface area contributed by atoms with E-state index in [1.807, 2.05) is 19.1 Å². The fourth-order valence-electron chi connectivity index (χ4n) is 3.47. The summed E-state index contributed by atoms with van der Waals surface area (Å²) in [6.45, 7) is 1.83. The van der Waals surface area contributed by atoms with Gasteiger partial charge in [0, 0.05) is 5.69 Å². The molecule has 25 heavy (non-hydrogen) atoms. The first-order chi connectivity index (χ1) is 12.1. The van der Waals surface area contributed by atoms with Gasteiger partial charge in [-0.05, 0) is 30.7 Å². The van der Waals surface area contributed by atoms with E-state index in [0.29, 0.717) is 12.0 Å².